The molecule has 0 aromatic heterocycles. The molecule has 92 valence electrons. The van der Waals surface area contributed by atoms with Crippen LogP contribution in [0.2, 0.25) is 0 Å². The standard InChI is InChI=1S/C13H16O4/c1-15-10-3-5-11(6-4-10)17-8-9-7-12(9)13(14)16-2/h3-6,9,12H,7-8H2,1-2H3. The summed E-state index contributed by atoms with van der Waals surface area (Å²) in [6.45, 7) is 0.562. The van der Waals surface area contributed by atoms with Crippen LogP contribution in [-0.2, 0) is 9.53 Å². The second-order valence-corrected chi connectivity index (χ2v) is 4.11. The molecule has 1 saturated carbocycles. The van der Waals surface area contributed by atoms with E-state index in [1.165, 1.54) is 7.11 Å². The van der Waals surface area contributed by atoms with Crippen molar-refractivity contribution in [2.75, 3.05) is 20.8 Å². The lowest BCUT2D eigenvalue weighted by molar-refractivity contribution is -0.142. The molecule has 4 heteroatoms. The Labute approximate surface area is 100 Å². The molecular formula is C13H16O4. The van der Waals surface area contributed by atoms with Crippen molar-refractivity contribution in [1.82, 2.24) is 0 Å². The predicted octanol–water partition coefficient (Wildman–Crippen LogP) is 1.88. The summed E-state index contributed by atoms with van der Waals surface area (Å²) in [5.41, 5.74) is 0. The van der Waals surface area contributed by atoms with E-state index in [1.807, 2.05) is 24.3 Å². The van der Waals surface area contributed by atoms with Crippen molar-refractivity contribution in [3.8, 4) is 11.5 Å². The summed E-state index contributed by atoms with van der Waals surface area (Å²) >= 11 is 0. The number of carbonyl (C=O) groups is 1. The van der Waals surface area contributed by atoms with Crippen LogP contribution in [-0.4, -0.2) is 26.8 Å². The third-order valence-electron chi connectivity index (χ3n) is 2.95. The third-order valence-corrected chi connectivity index (χ3v) is 2.95. The predicted molar refractivity (Wildman–Crippen MR) is 62.1 cm³/mol. The minimum Gasteiger partial charge on any atom is -0.497 e. The van der Waals surface area contributed by atoms with Gasteiger partial charge in [-0.3, -0.25) is 4.79 Å². The van der Waals surface area contributed by atoms with E-state index in [4.69, 9.17) is 9.47 Å². The lowest BCUT2D eigenvalue weighted by atomic mass is 10.3. The molecule has 1 aromatic carbocycles. The SMILES string of the molecule is COC(=O)C1CC1COc1ccc(OC)cc1. The molecule has 0 aliphatic heterocycles. The fourth-order valence-corrected chi connectivity index (χ4v) is 1.75. The third kappa shape index (κ3) is 2.90. The van der Waals surface area contributed by atoms with Gasteiger partial charge in [-0.15, -0.1) is 0 Å². The van der Waals surface area contributed by atoms with Gasteiger partial charge in [-0.1, -0.05) is 0 Å². The van der Waals surface area contributed by atoms with Gasteiger partial charge in [0.2, 0.25) is 0 Å². The van der Waals surface area contributed by atoms with Crippen LogP contribution in [0.3, 0.4) is 0 Å². The number of ether oxygens (including phenoxy) is 3. The van der Waals surface area contributed by atoms with Crippen LogP contribution in [0.4, 0.5) is 0 Å². The Bertz CT molecular complexity index is 385. The zero-order valence-electron chi connectivity index (χ0n) is 10.0. The molecule has 1 aliphatic carbocycles. The fourth-order valence-electron chi connectivity index (χ4n) is 1.75. The van der Waals surface area contributed by atoms with Crippen molar-refractivity contribution in [1.29, 1.82) is 0 Å². The smallest absolute Gasteiger partial charge is 0.309 e. The summed E-state index contributed by atoms with van der Waals surface area (Å²) in [6.07, 6.45) is 0.864. The van der Waals surface area contributed by atoms with E-state index in [2.05, 4.69) is 4.74 Å². The summed E-state index contributed by atoms with van der Waals surface area (Å²) in [5.74, 6) is 1.79. The molecule has 0 amide bonds. The highest BCUT2D eigenvalue weighted by Gasteiger charge is 2.44. The van der Waals surface area contributed by atoms with E-state index < -0.39 is 0 Å². The van der Waals surface area contributed by atoms with Gasteiger partial charge in [-0.25, -0.2) is 0 Å². The van der Waals surface area contributed by atoms with Crippen LogP contribution in [0, 0.1) is 11.8 Å². The molecule has 0 saturated heterocycles. The number of hydrogen-bond donors (Lipinski definition) is 0. The second kappa shape index (κ2) is 5.08. The van der Waals surface area contributed by atoms with Gasteiger partial charge >= 0.3 is 5.97 Å². The van der Waals surface area contributed by atoms with Crippen molar-refractivity contribution in [3.63, 3.8) is 0 Å². The molecule has 0 heterocycles. The summed E-state index contributed by atoms with van der Waals surface area (Å²) < 4.78 is 15.3. The molecule has 0 bridgehead atoms. The molecule has 4 nitrogen and oxygen atoms in total. The molecular weight excluding hydrogens is 220 g/mol. The fraction of sp³-hybridized carbons (Fsp3) is 0.462. The highest BCUT2D eigenvalue weighted by atomic mass is 16.5. The summed E-state index contributed by atoms with van der Waals surface area (Å²) in [5, 5.41) is 0. The normalized spacial score (nSPS) is 21.8. The molecule has 0 N–H and O–H groups in total. The minimum absolute atomic E-state index is 0.0262. The quantitative estimate of drug-likeness (QED) is 0.732. The van der Waals surface area contributed by atoms with Gasteiger partial charge in [-0.2, -0.15) is 0 Å². The largest absolute Gasteiger partial charge is 0.497 e. The van der Waals surface area contributed by atoms with E-state index in [0.717, 1.165) is 17.9 Å². The Hall–Kier alpha value is -1.71. The molecule has 2 atom stereocenters. The van der Waals surface area contributed by atoms with Gasteiger partial charge < -0.3 is 14.2 Å². The minimum atomic E-state index is -0.131. The first-order chi connectivity index (χ1) is 8.24. The average Bonchev–Trinajstić information content (AvgIpc) is 3.15. The van der Waals surface area contributed by atoms with Gasteiger partial charge in [0.25, 0.3) is 0 Å². The zero-order chi connectivity index (χ0) is 12.3. The van der Waals surface area contributed by atoms with E-state index in [-0.39, 0.29) is 11.9 Å². The van der Waals surface area contributed by atoms with Crippen molar-refractivity contribution >= 4 is 5.97 Å². The highest BCUT2D eigenvalue weighted by molar-refractivity contribution is 5.75. The van der Waals surface area contributed by atoms with E-state index >= 15 is 0 Å². The lowest BCUT2D eigenvalue weighted by Crippen LogP contribution is -2.08. The number of carbonyl (C=O) groups excluding carboxylic acids is 1. The molecule has 1 fully saturated rings. The number of methoxy groups -OCH3 is 2. The van der Waals surface area contributed by atoms with E-state index in [9.17, 15) is 4.79 Å². The summed E-state index contributed by atoms with van der Waals surface area (Å²) in [4.78, 5) is 11.2. The van der Waals surface area contributed by atoms with Gasteiger partial charge in [0.05, 0.1) is 26.7 Å². The van der Waals surface area contributed by atoms with E-state index in [1.54, 1.807) is 7.11 Å². The van der Waals surface area contributed by atoms with Crippen LogP contribution < -0.4 is 9.47 Å². The Kier molecular flexibility index (Phi) is 3.52. The van der Waals surface area contributed by atoms with Crippen LogP contribution in [0.5, 0.6) is 11.5 Å². The highest BCUT2D eigenvalue weighted by Crippen LogP contribution is 2.39. The Morgan fingerprint density at radius 2 is 1.88 bits per heavy atom. The molecule has 0 radical (unpaired) electrons. The zero-order valence-corrected chi connectivity index (χ0v) is 10.0. The summed E-state index contributed by atoms with van der Waals surface area (Å²) in [6, 6.07) is 7.41. The first-order valence-electron chi connectivity index (χ1n) is 5.59. The molecule has 2 rings (SSSR count). The van der Waals surface area contributed by atoms with Gasteiger partial charge in [0.1, 0.15) is 11.5 Å². The second-order valence-electron chi connectivity index (χ2n) is 4.11. The van der Waals surface area contributed by atoms with Crippen molar-refractivity contribution in [3.05, 3.63) is 24.3 Å². The molecule has 1 aliphatic rings. The number of hydrogen-bond acceptors (Lipinski definition) is 4. The monoisotopic (exact) mass is 236 g/mol. The molecule has 2 unspecified atom stereocenters. The first kappa shape index (κ1) is 11.8. The van der Waals surface area contributed by atoms with Crippen molar-refractivity contribution in [2.45, 2.75) is 6.42 Å². The van der Waals surface area contributed by atoms with Gasteiger partial charge in [-0.05, 0) is 30.7 Å². The lowest BCUT2D eigenvalue weighted by Gasteiger charge is -2.06. The first-order valence-corrected chi connectivity index (χ1v) is 5.59. The topological polar surface area (TPSA) is 44.8 Å². The van der Waals surface area contributed by atoms with Crippen LogP contribution in [0.25, 0.3) is 0 Å². The average molecular weight is 236 g/mol. The molecule has 0 spiro atoms. The maximum Gasteiger partial charge on any atom is 0.309 e. The number of esters is 1. The molecule has 17 heavy (non-hydrogen) atoms. The maximum atomic E-state index is 11.2. The molecule has 1 aromatic rings. The van der Waals surface area contributed by atoms with Crippen molar-refractivity contribution < 1.29 is 19.0 Å². The van der Waals surface area contributed by atoms with Gasteiger partial charge in [0.15, 0.2) is 0 Å². The Morgan fingerprint density at radius 3 is 2.47 bits per heavy atom. The maximum absolute atomic E-state index is 11.2. The number of benzene rings is 1. The van der Waals surface area contributed by atoms with Crippen LogP contribution in [0.15, 0.2) is 24.3 Å². The Morgan fingerprint density at radius 1 is 1.24 bits per heavy atom. The van der Waals surface area contributed by atoms with Crippen LogP contribution >= 0.6 is 0 Å². The Balaban J connectivity index is 1.77. The van der Waals surface area contributed by atoms with Crippen LogP contribution in [0.1, 0.15) is 6.42 Å². The summed E-state index contributed by atoms with van der Waals surface area (Å²) in [7, 11) is 3.04. The van der Waals surface area contributed by atoms with Gasteiger partial charge in [0, 0.05) is 5.92 Å². The number of rotatable bonds is 5. The van der Waals surface area contributed by atoms with E-state index in [0.29, 0.717) is 12.5 Å². The van der Waals surface area contributed by atoms with Crippen molar-refractivity contribution in [2.24, 2.45) is 11.8 Å².